The van der Waals surface area contributed by atoms with Crippen molar-refractivity contribution in [1.82, 2.24) is 0 Å². The van der Waals surface area contributed by atoms with Gasteiger partial charge in [0.2, 0.25) is 0 Å². The Morgan fingerprint density at radius 2 is 1.79 bits per heavy atom. The number of aryl methyl sites for hydroxylation is 1. The summed E-state index contributed by atoms with van der Waals surface area (Å²) in [4.78, 5) is 12.3. The number of fused-ring (bicyclic) bond motifs is 1. The van der Waals surface area contributed by atoms with Gasteiger partial charge in [-0.3, -0.25) is 4.79 Å². The van der Waals surface area contributed by atoms with E-state index < -0.39 is 0 Å². The summed E-state index contributed by atoms with van der Waals surface area (Å²) in [6, 6.07) is 10.2. The van der Waals surface area contributed by atoms with Gasteiger partial charge in [0.05, 0.1) is 19.3 Å². The first-order valence-corrected chi connectivity index (χ1v) is 8.29. The van der Waals surface area contributed by atoms with Gasteiger partial charge in [-0.1, -0.05) is 12.1 Å². The first kappa shape index (κ1) is 16.5. The number of methoxy groups -OCH3 is 1. The molecule has 0 radical (unpaired) electrons. The summed E-state index contributed by atoms with van der Waals surface area (Å²) in [5.74, 6) is 1.31. The Bertz CT molecular complexity index is 722. The number of hydrogen-bond donors (Lipinski definition) is 0. The smallest absolute Gasteiger partial charge is 0.167 e. The van der Waals surface area contributed by atoms with Crippen LogP contribution in [0.4, 0.5) is 4.39 Å². The number of benzene rings is 2. The van der Waals surface area contributed by atoms with Gasteiger partial charge in [0.25, 0.3) is 0 Å². The van der Waals surface area contributed by atoms with E-state index in [1.54, 1.807) is 19.2 Å². The minimum atomic E-state index is -0.224. The van der Waals surface area contributed by atoms with Crippen molar-refractivity contribution in [3.8, 4) is 11.5 Å². The Labute approximate surface area is 141 Å². The zero-order valence-corrected chi connectivity index (χ0v) is 13.8. The van der Waals surface area contributed by atoms with E-state index in [0.717, 1.165) is 42.6 Å². The lowest BCUT2D eigenvalue weighted by Crippen LogP contribution is -2.14. The third-order valence-electron chi connectivity index (χ3n) is 4.34. The van der Waals surface area contributed by atoms with Crippen molar-refractivity contribution in [3.05, 3.63) is 58.9 Å². The van der Waals surface area contributed by atoms with Crippen molar-refractivity contribution in [1.29, 1.82) is 0 Å². The number of halogens is 1. The molecule has 0 saturated heterocycles. The average molecular weight is 328 g/mol. The van der Waals surface area contributed by atoms with Crippen molar-refractivity contribution in [3.63, 3.8) is 0 Å². The van der Waals surface area contributed by atoms with E-state index >= 15 is 0 Å². The fourth-order valence-electron chi connectivity index (χ4n) is 3.13. The Morgan fingerprint density at radius 1 is 1.04 bits per heavy atom. The van der Waals surface area contributed by atoms with Crippen molar-refractivity contribution in [2.45, 2.75) is 32.1 Å². The standard InChI is InChI=1S/C20H21FO3/c1-23-18-11-12-19(20-16(18)5-2-6-17(20)22)24-13-3-4-14-7-9-15(21)10-8-14/h7-12H,2-6,13H2,1H3. The second kappa shape index (κ2) is 7.47. The molecule has 2 aromatic carbocycles. The maximum Gasteiger partial charge on any atom is 0.167 e. The molecule has 0 heterocycles. The predicted molar refractivity (Wildman–Crippen MR) is 90.5 cm³/mol. The molecule has 0 saturated carbocycles. The van der Waals surface area contributed by atoms with E-state index in [9.17, 15) is 9.18 Å². The van der Waals surface area contributed by atoms with Gasteiger partial charge in [-0.15, -0.1) is 0 Å². The summed E-state index contributed by atoms with van der Waals surface area (Å²) < 4.78 is 24.1. The molecular weight excluding hydrogens is 307 g/mol. The van der Waals surface area contributed by atoms with Crippen molar-refractivity contribution in [2.24, 2.45) is 0 Å². The molecule has 0 spiro atoms. The molecule has 0 aliphatic heterocycles. The molecular formula is C20H21FO3. The quantitative estimate of drug-likeness (QED) is 0.739. The van der Waals surface area contributed by atoms with E-state index in [4.69, 9.17) is 9.47 Å². The first-order chi connectivity index (χ1) is 11.7. The fraction of sp³-hybridized carbons (Fsp3) is 0.350. The lowest BCUT2D eigenvalue weighted by molar-refractivity contribution is 0.0967. The molecule has 0 atom stereocenters. The molecule has 0 bridgehead atoms. The molecule has 2 aromatic rings. The molecule has 4 heteroatoms. The molecule has 0 amide bonds. The van der Waals surface area contributed by atoms with E-state index in [0.29, 0.717) is 24.3 Å². The minimum Gasteiger partial charge on any atom is -0.496 e. The van der Waals surface area contributed by atoms with Crippen molar-refractivity contribution >= 4 is 5.78 Å². The third-order valence-corrected chi connectivity index (χ3v) is 4.34. The highest BCUT2D eigenvalue weighted by Crippen LogP contribution is 2.36. The topological polar surface area (TPSA) is 35.5 Å². The monoisotopic (exact) mass is 328 g/mol. The lowest BCUT2D eigenvalue weighted by Gasteiger charge is -2.21. The molecule has 0 aromatic heterocycles. The van der Waals surface area contributed by atoms with Gasteiger partial charge in [0, 0.05) is 12.0 Å². The van der Waals surface area contributed by atoms with E-state index in [-0.39, 0.29) is 11.6 Å². The number of carbonyl (C=O) groups is 1. The highest BCUT2D eigenvalue weighted by molar-refractivity contribution is 6.01. The summed E-state index contributed by atoms with van der Waals surface area (Å²) in [5, 5.41) is 0. The highest BCUT2D eigenvalue weighted by Gasteiger charge is 2.24. The zero-order valence-electron chi connectivity index (χ0n) is 13.8. The largest absolute Gasteiger partial charge is 0.496 e. The summed E-state index contributed by atoms with van der Waals surface area (Å²) in [5.41, 5.74) is 2.72. The Morgan fingerprint density at radius 3 is 2.54 bits per heavy atom. The van der Waals surface area contributed by atoms with Gasteiger partial charge >= 0.3 is 0 Å². The lowest BCUT2D eigenvalue weighted by atomic mass is 9.89. The van der Waals surface area contributed by atoms with Gasteiger partial charge in [-0.25, -0.2) is 4.39 Å². The molecule has 1 aliphatic rings. The van der Waals surface area contributed by atoms with Gasteiger partial charge in [0.15, 0.2) is 5.78 Å². The summed E-state index contributed by atoms with van der Waals surface area (Å²) in [6.07, 6.45) is 3.88. The summed E-state index contributed by atoms with van der Waals surface area (Å²) >= 11 is 0. The van der Waals surface area contributed by atoms with Gasteiger partial charge in [-0.2, -0.15) is 0 Å². The SMILES string of the molecule is COc1ccc(OCCCc2ccc(F)cc2)c2c1CCCC2=O. The summed E-state index contributed by atoms with van der Waals surface area (Å²) in [6.45, 7) is 0.517. The second-order valence-corrected chi connectivity index (χ2v) is 5.97. The van der Waals surface area contributed by atoms with Gasteiger partial charge in [-0.05, 0) is 55.5 Å². The minimum absolute atomic E-state index is 0.128. The van der Waals surface area contributed by atoms with Crippen LogP contribution in [0.5, 0.6) is 11.5 Å². The number of rotatable bonds is 6. The number of Topliss-reactive ketones (excluding diaryl/α,β-unsaturated/α-hetero) is 1. The number of ether oxygens (including phenoxy) is 2. The number of carbonyl (C=O) groups excluding carboxylic acids is 1. The van der Waals surface area contributed by atoms with E-state index in [1.165, 1.54) is 12.1 Å². The molecule has 1 aliphatic carbocycles. The Hall–Kier alpha value is -2.36. The van der Waals surface area contributed by atoms with Crippen LogP contribution in [0.15, 0.2) is 36.4 Å². The maximum absolute atomic E-state index is 12.9. The predicted octanol–water partition coefficient (Wildman–Crippen LogP) is 4.36. The molecule has 0 unspecified atom stereocenters. The van der Waals surface area contributed by atoms with Gasteiger partial charge in [0.1, 0.15) is 17.3 Å². The third kappa shape index (κ3) is 3.58. The molecule has 0 fully saturated rings. The zero-order chi connectivity index (χ0) is 16.9. The van der Waals surface area contributed by atoms with Crippen LogP contribution in [0.25, 0.3) is 0 Å². The van der Waals surface area contributed by atoms with Crippen molar-refractivity contribution < 1.29 is 18.7 Å². The molecule has 3 nitrogen and oxygen atoms in total. The van der Waals surface area contributed by atoms with Crippen LogP contribution in [0.2, 0.25) is 0 Å². The van der Waals surface area contributed by atoms with E-state index in [1.807, 2.05) is 12.1 Å². The van der Waals surface area contributed by atoms with Crippen LogP contribution in [0.1, 0.15) is 40.7 Å². The van der Waals surface area contributed by atoms with Crippen LogP contribution < -0.4 is 9.47 Å². The van der Waals surface area contributed by atoms with Crippen LogP contribution in [0.3, 0.4) is 0 Å². The van der Waals surface area contributed by atoms with Gasteiger partial charge < -0.3 is 9.47 Å². The number of hydrogen-bond acceptors (Lipinski definition) is 3. The van der Waals surface area contributed by atoms with Crippen molar-refractivity contribution in [2.75, 3.05) is 13.7 Å². The van der Waals surface area contributed by atoms with Crippen LogP contribution in [-0.2, 0) is 12.8 Å². The van der Waals surface area contributed by atoms with Crippen LogP contribution in [0, 0.1) is 5.82 Å². The van der Waals surface area contributed by atoms with E-state index in [2.05, 4.69) is 0 Å². The highest BCUT2D eigenvalue weighted by atomic mass is 19.1. The van der Waals surface area contributed by atoms with Crippen LogP contribution in [-0.4, -0.2) is 19.5 Å². The fourth-order valence-corrected chi connectivity index (χ4v) is 3.13. The molecule has 0 N–H and O–H groups in total. The summed E-state index contributed by atoms with van der Waals surface area (Å²) in [7, 11) is 1.62. The Balaban J connectivity index is 1.65. The average Bonchev–Trinajstić information content (AvgIpc) is 2.60. The molecule has 24 heavy (non-hydrogen) atoms. The Kier molecular flexibility index (Phi) is 5.14. The maximum atomic E-state index is 12.9. The molecule has 3 rings (SSSR count). The molecule has 126 valence electrons. The number of ketones is 1. The normalized spacial score (nSPS) is 13.5. The second-order valence-electron chi connectivity index (χ2n) is 5.97. The van der Waals surface area contributed by atoms with Crippen LogP contribution >= 0.6 is 0 Å². The first-order valence-electron chi connectivity index (χ1n) is 8.29.